The van der Waals surface area contributed by atoms with E-state index in [1.165, 1.54) is 4.90 Å². The Kier molecular flexibility index (Phi) is 12.8. The first-order valence-corrected chi connectivity index (χ1v) is 13.5. The van der Waals surface area contributed by atoms with Crippen molar-refractivity contribution >= 4 is 23.8 Å². The highest BCUT2D eigenvalue weighted by Crippen LogP contribution is 2.28. The molecular weight excluding hydrogens is 484 g/mol. The molecule has 0 saturated carbocycles. The molecule has 0 saturated heterocycles. The normalized spacial score (nSPS) is 14.0. The lowest BCUT2D eigenvalue weighted by Gasteiger charge is -2.39. The number of nitrogens with one attached hydrogen (secondary N) is 2. The van der Waals surface area contributed by atoms with E-state index in [9.17, 15) is 19.2 Å². The third-order valence-corrected chi connectivity index (χ3v) is 5.95. The fourth-order valence-electron chi connectivity index (χ4n) is 4.08. The Morgan fingerprint density at radius 3 is 1.97 bits per heavy atom. The molecule has 1 aromatic rings. The molecule has 0 aliphatic rings. The van der Waals surface area contributed by atoms with Crippen LogP contribution in [0.15, 0.2) is 24.3 Å². The van der Waals surface area contributed by atoms with Crippen molar-refractivity contribution in [2.45, 2.75) is 118 Å². The molecule has 0 aromatic heterocycles. The lowest BCUT2D eigenvalue weighted by molar-refractivity contribution is -0.146. The average molecular weight is 533 g/mol. The summed E-state index contributed by atoms with van der Waals surface area (Å²) < 4.78 is 5.34. The SMILES string of the molecule is CCc1ccc(C(C(=O)NC(C)C)N(C(=O)C(CC(N)=O)NC(=O)OC(C)(C)C)C(C)CCC(C)C)cc1. The maximum atomic E-state index is 14.2. The first-order valence-electron chi connectivity index (χ1n) is 13.5. The van der Waals surface area contributed by atoms with Crippen LogP contribution in [0.1, 0.15) is 98.7 Å². The highest BCUT2D eigenvalue weighted by atomic mass is 16.6. The zero-order valence-electron chi connectivity index (χ0n) is 24.6. The summed E-state index contributed by atoms with van der Waals surface area (Å²) in [6.07, 6.45) is 0.994. The van der Waals surface area contributed by atoms with E-state index in [0.717, 1.165) is 18.4 Å². The van der Waals surface area contributed by atoms with Gasteiger partial charge in [0.25, 0.3) is 0 Å². The molecule has 0 spiro atoms. The minimum absolute atomic E-state index is 0.163. The lowest BCUT2D eigenvalue weighted by Crippen LogP contribution is -2.56. The highest BCUT2D eigenvalue weighted by molar-refractivity contribution is 5.94. The van der Waals surface area contributed by atoms with Gasteiger partial charge in [-0.15, -0.1) is 0 Å². The van der Waals surface area contributed by atoms with E-state index < -0.39 is 42.0 Å². The quantitative estimate of drug-likeness (QED) is 0.350. The molecule has 4 amide bonds. The molecule has 0 aliphatic heterocycles. The van der Waals surface area contributed by atoms with E-state index in [1.807, 2.05) is 52.0 Å². The summed E-state index contributed by atoms with van der Waals surface area (Å²) in [6.45, 7) is 16.9. The van der Waals surface area contributed by atoms with Gasteiger partial charge >= 0.3 is 6.09 Å². The van der Waals surface area contributed by atoms with Crippen LogP contribution in [-0.4, -0.2) is 52.4 Å². The van der Waals surface area contributed by atoms with Crippen molar-refractivity contribution in [2.75, 3.05) is 0 Å². The molecule has 3 atom stereocenters. The van der Waals surface area contributed by atoms with Crippen LogP contribution in [0, 0.1) is 5.92 Å². The number of hydrogen-bond donors (Lipinski definition) is 3. The number of alkyl carbamates (subject to hydrolysis) is 1. The number of amides is 4. The second kappa shape index (κ2) is 14.7. The zero-order chi connectivity index (χ0) is 29.2. The van der Waals surface area contributed by atoms with Crippen LogP contribution >= 0.6 is 0 Å². The second-order valence-electron chi connectivity index (χ2n) is 11.6. The van der Waals surface area contributed by atoms with Gasteiger partial charge in [-0.2, -0.15) is 0 Å². The average Bonchev–Trinajstić information content (AvgIpc) is 2.78. The van der Waals surface area contributed by atoms with E-state index >= 15 is 0 Å². The highest BCUT2D eigenvalue weighted by Gasteiger charge is 2.39. The van der Waals surface area contributed by atoms with Crippen LogP contribution < -0.4 is 16.4 Å². The molecular formula is C29H48N4O5. The first kappa shape index (κ1) is 32.9. The molecule has 1 aromatic carbocycles. The minimum atomic E-state index is -1.30. The Labute approximate surface area is 228 Å². The Bertz CT molecular complexity index is 937. The summed E-state index contributed by atoms with van der Waals surface area (Å²) >= 11 is 0. The van der Waals surface area contributed by atoms with Crippen molar-refractivity contribution in [3.8, 4) is 0 Å². The molecule has 0 aliphatic carbocycles. The van der Waals surface area contributed by atoms with Crippen LogP contribution in [0.25, 0.3) is 0 Å². The molecule has 0 heterocycles. The van der Waals surface area contributed by atoms with Gasteiger partial charge in [-0.25, -0.2) is 4.79 Å². The fraction of sp³-hybridized carbons (Fsp3) is 0.655. The Morgan fingerprint density at radius 2 is 1.53 bits per heavy atom. The number of hydrogen-bond acceptors (Lipinski definition) is 5. The van der Waals surface area contributed by atoms with E-state index in [0.29, 0.717) is 17.9 Å². The predicted octanol–water partition coefficient (Wildman–Crippen LogP) is 4.24. The van der Waals surface area contributed by atoms with Crippen molar-refractivity contribution in [2.24, 2.45) is 11.7 Å². The van der Waals surface area contributed by atoms with Gasteiger partial charge < -0.3 is 26.0 Å². The van der Waals surface area contributed by atoms with Gasteiger partial charge in [0, 0.05) is 12.1 Å². The molecule has 38 heavy (non-hydrogen) atoms. The van der Waals surface area contributed by atoms with Crippen molar-refractivity contribution in [3.05, 3.63) is 35.4 Å². The van der Waals surface area contributed by atoms with Gasteiger partial charge in [0.05, 0.1) is 6.42 Å². The number of benzene rings is 1. The largest absolute Gasteiger partial charge is 0.444 e. The van der Waals surface area contributed by atoms with Gasteiger partial charge in [-0.1, -0.05) is 45.0 Å². The monoisotopic (exact) mass is 532 g/mol. The van der Waals surface area contributed by atoms with Gasteiger partial charge in [0.1, 0.15) is 17.7 Å². The van der Waals surface area contributed by atoms with Crippen molar-refractivity contribution in [3.63, 3.8) is 0 Å². The van der Waals surface area contributed by atoms with Crippen LogP contribution in [0.4, 0.5) is 4.79 Å². The van der Waals surface area contributed by atoms with E-state index in [1.54, 1.807) is 20.8 Å². The smallest absolute Gasteiger partial charge is 0.408 e. The summed E-state index contributed by atoms with van der Waals surface area (Å²) in [7, 11) is 0. The second-order valence-corrected chi connectivity index (χ2v) is 11.6. The van der Waals surface area contributed by atoms with Crippen LogP contribution in [0.3, 0.4) is 0 Å². The van der Waals surface area contributed by atoms with Crippen LogP contribution in [0.2, 0.25) is 0 Å². The molecule has 4 N–H and O–H groups in total. The topological polar surface area (TPSA) is 131 Å². The number of primary amides is 1. The molecule has 9 heteroatoms. The Balaban J connectivity index is 3.63. The van der Waals surface area contributed by atoms with E-state index in [2.05, 4.69) is 24.5 Å². The number of ether oxygens (including phenoxy) is 1. The molecule has 0 fully saturated rings. The van der Waals surface area contributed by atoms with E-state index in [4.69, 9.17) is 10.5 Å². The summed E-state index contributed by atoms with van der Waals surface area (Å²) in [5.41, 5.74) is 6.40. The lowest BCUT2D eigenvalue weighted by atomic mass is 9.95. The fourth-order valence-corrected chi connectivity index (χ4v) is 4.08. The molecule has 0 bridgehead atoms. The third kappa shape index (κ3) is 11.1. The number of nitrogens with zero attached hydrogens (tertiary/aromatic N) is 1. The van der Waals surface area contributed by atoms with Crippen molar-refractivity contribution < 1.29 is 23.9 Å². The van der Waals surface area contributed by atoms with Gasteiger partial charge in [0.15, 0.2) is 0 Å². The molecule has 3 unspecified atom stereocenters. The Hall–Kier alpha value is -3.10. The van der Waals surface area contributed by atoms with Crippen molar-refractivity contribution in [1.29, 1.82) is 0 Å². The van der Waals surface area contributed by atoms with Gasteiger partial charge in [0.2, 0.25) is 17.7 Å². The van der Waals surface area contributed by atoms with Crippen molar-refractivity contribution in [1.82, 2.24) is 15.5 Å². The van der Waals surface area contributed by atoms with Crippen LogP contribution in [0.5, 0.6) is 0 Å². The summed E-state index contributed by atoms with van der Waals surface area (Å²) in [4.78, 5) is 53.9. The third-order valence-electron chi connectivity index (χ3n) is 5.95. The summed E-state index contributed by atoms with van der Waals surface area (Å²) in [5, 5.41) is 5.46. The van der Waals surface area contributed by atoms with Gasteiger partial charge in [-0.05, 0) is 77.8 Å². The molecule has 1 rings (SSSR count). The predicted molar refractivity (Wildman–Crippen MR) is 149 cm³/mol. The Morgan fingerprint density at radius 1 is 0.947 bits per heavy atom. The maximum absolute atomic E-state index is 14.2. The minimum Gasteiger partial charge on any atom is -0.444 e. The molecule has 214 valence electrons. The first-order chi connectivity index (χ1) is 17.5. The molecule has 9 nitrogen and oxygen atoms in total. The number of carbonyl (C=O) groups excluding carboxylic acids is 4. The standard InChI is InChI=1S/C29H48N4O5/c1-10-21-13-15-22(16-14-21)25(26(35)31-19(4)5)33(20(6)12-11-18(2)3)27(36)23(17-24(30)34)32-28(37)38-29(7,8)9/h13-16,18-20,23,25H,10-12,17H2,1-9H3,(H2,30,34)(H,31,35)(H,32,37). The molecule has 0 radical (unpaired) electrons. The van der Waals surface area contributed by atoms with Crippen LogP contribution in [-0.2, 0) is 25.5 Å². The number of rotatable bonds is 13. The summed E-state index contributed by atoms with van der Waals surface area (Å²) in [5.74, 6) is -1.30. The number of aryl methyl sites for hydroxylation is 1. The van der Waals surface area contributed by atoms with Gasteiger partial charge in [-0.3, -0.25) is 14.4 Å². The number of carbonyl (C=O) groups is 4. The number of nitrogens with two attached hydrogens (primary N) is 1. The maximum Gasteiger partial charge on any atom is 0.408 e. The van der Waals surface area contributed by atoms with E-state index in [-0.39, 0.29) is 18.0 Å². The zero-order valence-corrected chi connectivity index (χ0v) is 24.6. The summed E-state index contributed by atoms with van der Waals surface area (Å²) in [6, 6.07) is 4.76.